The number of carbonyl (C=O) groups is 1. The summed E-state index contributed by atoms with van der Waals surface area (Å²) in [6, 6.07) is 11.0. The highest BCUT2D eigenvalue weighted by Gasteiger charge is 2.22. The molecule has 2 aromatic carbocycles. The minimum atomic E-state index is -0.836. The van der Waals surface area contributed by atoms with Crippen LogP contribution >= 0.6 is 11.6 Å². The predicted molar refractivity (Wildman–Crippen MR) is 93.7 cm³/mol. The standard InChI is InChI=1S/C18H18ClF2N3O/c19-14-4-2-5-15(11-14)22-18(25)24-9-7-23(8-10-24)12-13-3-1-6-16(20)17(13)21/h1-6,11H,7-10,12H2,(H,22,25). The number of rotatable bonds is 3. The molecule has 4 nitrogen and oxygen atoms in total. The van der Waals surface area contributed by atoms with Crippen LogP contribution in [0.25, 0.3) is 0 Å². The molecule has 0 unspecified atom stereocenters. The molecule has 0 atom stereocenters. The number of halogens is 3. The number of benzene rings is 2. The van der Waals surface area contributed by atoms with Crippen LogP contribution in [0.2, 0.25) is 5.02 Å². The van der Waals surface area contributed by atoms with E-state index in [1.54, 1.807) is 35.2 Å². The summed E-state index contributed by atoms with van der Waals surface area (Å²) in [5.74, 6) is -1.64. The molecule has 0 saturated carbocycles. The Morgan fingerprint density at radius 3 is 2.52 bits per heavy atom. The lowest BCUT2D eigenvalue weighted by molar-refractivity contribution is 0.142. The average molecular weight is 366 g/mol. The highest BCUT2D eigenvalue weighted by Crippen LogP contribution is 2.17. The topological polar surface area (TPSA) is 35.6 Å². The zero-order chi connectivity index (χ0) is 17.8. The van der Waals surface area contributed by atoms with Gasteiger partial charge in [-0.1, -0.05) is 29.8 Å². The van der Waals surface area contributed by atoms with Gasteiger partial charge in [-0.15, -0.1) is 0 Å². The average Bonchev–Trinajstić information content (AvgIpc) is 2.59. The molecule has 2 aromatic rings. The predicted octanol–water partition coefficient (Wildman–Crippen LogP) is 3.97. The second-order valence-corrected chi connectivity index (χ2v) is 6.35. The quantitative estimate of drug-likeness (QED) is 0.893. The van der Waals surface area contributed by atoms with Gasteiger partial charge in [0, 0.05) is 49.0 Å². The molecular weight excluding hydrogens is 348 g/mol. The van der Waals surface area contributed by atoms with Crippen LogP contribution in [-0.2, 0) is 6.54 Å². The van der Waals surface area contributed by atoms with Crippen molar-refractivity contribution in [2.45, 2.75) is 6.54 Å². The van der Waals surface area contributed by atoms with Crippen LogP contribution in [0.1, 0.15) is 5.56 Å². The van der Waals surface area contributed by atoms with Crippen LogP contribution in [0.15, 0.2) is 42.5 Å². The first-order chi connectivity index (χ1) is 12.0. The number of nitrogens with one attached hydrogen (secondary N) is 1. The van der Waals surface area contributed by atoms with Gasteiger partial charge in [0.25, 0.3) is 0 Å². The number of anilines is 1. The molecule has 0 aromatic heterocycles. The molecule has 3 rings (SSSR count). The molecule has 25 heavy (non-hydrogen) atoms. The summed E-state index contributed by atoms with van der Waals surface area (Å²) in [7, 11) is 0. The van der Waals surface area contributed by atoms with E-state index in [0.717, 1.165) is 6.07 Å². The molecule has 0 bridgehead atoms. The Balaban J connectivity index is 1.53. The lowest BCUT2D eigenvalue weighted by Crippen LogP contribution is -2.49. The zero-order valence-electron chi connectivity index (χ0n) is 13.5. The zero-order valence-corrected chi connectivity index (χ0v) is 14.3. The molecule has 1 fully saturated rings. The largest absolute Gasteiger partial charge is 0.322 e. The first-order valence-electron chi connectivity index (χ1n) is 7.99. The second kappa shape index (κ2) is 7.80. The Labute approximate surface area is 150 Å². The first-order valence-corrected chi connectivity index (χ1v) is 8.37. The number of carbonyl (C=O) groups excluding carboxylic acids is 1. The molecule has 0 radical (unpaired) electrons. The fourth-order valence-corrected chi connectivity index (χ4v) is 2.98. The van der Waals surface area contributed by atoms with E-state index < -0.39 is 11.6 Å². The highest BCUT2D eigenvalue weighted by atomic mass is 35.5. The maximum atomic E-state index is 13.7. The fraction of sp³-hybridized carbons (Fsp3) is 0.278. The van der Waals surface area contributed by atoms with Gasteiger partial charge >= 0.3 is 6.03 Å². The van der Waals surface area contributed by atoms with Gasteiger partial charge in [0.15, 0.2) is 11.6 Å². The van der Waals surface area contributed by atoms with E-state index in [2.05, 4.69) is 5.32 Å². The van der Waals surface area contributed by atoms with Crippen molar-refractivity contribution in [3.8, 4) is 0 Å². The van der Waals surface area contributed by atoms with Crippen molar-refractivity contribution < 1.29 is 13.6 Å². The van der Waals surface area contributed by atoms with Gasteiger partial charge in [0.05, 0.1) is 0 Å². The monoisotopic (exact) mass is 365 g/mol. The number of urea groups is 1. The molecule has 1 saturated heterocycles. The number of nitrogens with zero attached hydrogens (tertiary/aromatic N) is 2. The summed E-state index contributed by atoms with van der Waals surface area (Å²) in [6.07, 6.45) is 0. The van der Waals surface area contributed by atoms with Crippen molar-refractivity contribution in [1.82, 2.24) is 9.80 Å². The molecule has 132 valence electrons. The molecule has 7 heteroatoms. The number of piperazine rings is 1. The molecule has 1 aliphatic heterocycles. The van der Waals surface area contributed by atoms with E-state index >= 15 is 0 Å². The molecule has 1 heterocycles. The van der Waals surface area contributed by atoms with Crippen LogP contribution in [-0.4, -0.2) is 42.0 Å². The van der Waals surface area contributed by atoms with Crippen molar-refractivity contribution in [3.63, 3.8) is 0 Å². The molecule has 1 aliphatic rings. The molecule has 1 N–H and O–H groups in total. The molecular formula is C18H18ClF2N3O. The van der Waals surface area contributed by atoms with Crippen LogP contribution < -0.4 is 5.32 Å². The van der Waals surface area contributed by atoms with Crippen LogP contribution in [0.4, 0.5) is 19.3 Å². The summed E-state index contributed by atoms with van der Waals surface area (Å²) in [5.41, 5.74) is 0.971. The minimum absolute atomic E-state index is 0.196. The van der Waals surface area contributed by atoms with Crippen molar-refractivity contribution in [2.24, 2.45) is 0 Å². The van der Waals surface area contributed by atoms with E-state index in [-0.39, 0.29) is 6.03 Å². The van der Waals surface area contributed by atoms with Crippen molar-refractivity contribution in [3.05, 3.63) is 64.7 Å². The fourth-order valence-electron chi connectivity index (χ4n) is 2.79. The van der Waals surface area contributed by atoms with Crippen LogP contribution in [0, 0.1) is 11.6 Å². The van der Waals surface area contributed by atoms with Gasteiger partial charge in [0.2, 0.25) is 0 Å². The van der Waals surface area contributed by atoms with E-state index in [1.807, 2.05) is 4.90 Å². The normalized spacial score (nSPS) is 15.2. The van der Waals surface area contributed by atoms with Crippen LogP contribution in [0.5, 0.6) is 0 Å². The number of hydrogen-bond acceptors (Lipinski definition) is 2. The van der Waals surface area contributed by atoms with Gasteiger partial charge in [0.1, 0.15) is 0 Å². The third-order valence-corrected chi connectivity index (χ3v) is 4.40. The lowest BCUT2D eigenvalue weighted by Gasteiger charge is -2.34. The summed E-state index contributed by atoms with van der Waals surface area (Å²) in [6.45, 7) is 2.55. The molecule has 2 amide bonds. The van der Waals surface area contributed by atoms with Gasteiger partial charge < -0.3 is 10.2 Å². The van der Waals surface area contributed by atoms with Crippen molar-refractivity contribution in [1.29, 1.82) is 0 Å². The van der Waals surface area contributed by atoms with Crippen molar-refractivity contribution in [2.75, 3.05) is 31.5 Å². The Kier molecular flexibility index (Phi) is 5.50. The van der Waals surface area contributed by atoms with Gasteiger partial charge in [-0.2, -0.15) is 0 Å². The summed E-state index contributed by atoms with van der Waals surface area (Å²) in [5, 5.41) is 3.36. The van der Waals surface area contributed by atoms with E-state index in [1.165, 1.54) is 6.07 Å². The lowest BCUT2D eigenvalue weighted by atomic mass is 10.1. The Hall–Kier alpha value is -2.18. The Morgan fingerprint density at radius 2 is 1.80 bits per heavy atom. The summed E-state index contributed by atoms with van der Waals surface area (Å²) >= 11 is 5.91. The van der Waals surface area contributed by atoms with E-state index in [0.29, 0.717) is 49.0 Å². The van der Waals surface area contributed by atoms with Gasteiger partial charge in [-0.05, 0) is 24.3 Å². The third kappa shape index (κ3) is 4.46. The maximum Gasteiger partial charge on any atom is 0.321 e. The first kappa shape index (κ1) is 17.6. The molecule has 0 aliphatic carbocycles. The highest BCUT2D eigenvalue weighted by molar-refractivity contribution is 6.30. The number of amides is 2. The minimum Gasteiger partial charge on any atom is -0.322 e. The maximum absolute atomic E-state index is 13.7. The van der Waals surface area contributed by atoms with Crippen molar-refractivity contribution >= 4 is 23.3 Å². The smallest absolute Gasteiger partial charge is 0.321 e. The second-order valence-electron chi connectivity index (χ2n) is 5.92. The van der Waals surface area contributed by atoms with E-state index in [9.17, 15) is 13.6 Å². The SMILES string of the molecule is O=C(Nc1cccc(Cl)c1)N1CCN(Cc2cccc(F)c2F)CC1. The Bertz CT molecular complexity index is 764. The number of hydrogen-bond donors (Lipinski definition) is 1. The third-order valence-electron chi connectivity index (χ3n) is 4.16. The van der Waals surface area contributed by atoms with Gasteiger partial charge in [-0.3, -0.25) is 4.90 Å². The molecule has 0 spiro atoms. The van der Waals surface area contributed by atoms with Crippen LogP contribution in [0.3, 0.4) is 0 Å². The van der Waals surface area contributed by atoms with Gasteiger partial charge in [-0.25, -0.2) is 13.6 Å². The summed E-state index contributed by atoms with van der Waals surface area (Å²) < 4.78 is 27.0. The van der Waals surface area contributed by atoms with E-state index in [4.69, 9.17) is 11.6 Å². The summed E-state index contributed by atoms with van der Waals surface area (Å²) in [4.78, 5) is 16.0. The Morgan fingerprint density at radius 1 is 1.08 bits per heavy atom.